The molecule has 1 aliphatic heterocycles. The van der Waals surface area contributed by atoms with E-state index in [1.807, 2.05) is 25.1 Å². The average Bonchev–Trinajstić information content (AvgIpc) is 2.61. The van der Waals surface area contributed by atoms with E-state index in [1.165, 1.54) is 5.57 Å². The lowest BCUT2D eigenvalue weighted by Gasteiger charge is -2.40. The molecule has 0 unspecified atom stereocenters. The SMILES string of the molecule is CC(C)=CCC[C@H](C)c1ccc(C)cc1O[C@H]1O[C@H](CO)[C@@H](O)[C@H](O)[C@H]1O. The first-order valence-corrected chi connectivity index (χ1v) is 9.45. The van der Waals surface area contributed by atoms with E-state index >= 15 is 0 Å². The van der Waals surface area contributed by atoms with Crippen molar-refractivity contribution in [2.24, 2.45) is 0 Å². The molecular formula is C21H32O6. The van der Waals surface area contributed by atoms with Crippen LogP contribution in [0.15, 0.2) is 29.8 Å². The third-order valence-electron chi connectivity index (χ3n) is 4.94. The molecule has 4 N–H and O–H groups in total. The monoisotopic (exact) mass is 380 g/mol. The van der Waals surface area contributed by atoms with Gasteiger partial charge in [0.15, 0.2) is 0 Å². The summed E-state index contributed by atoms with van der Waals surface area (Å²) in [7, 11) is 0. The minimum Gasteiger partial charge on any atom is -0.462 e. The van der Waals surface area contributed by atoms with Gasteiger partial charge in [-0.2, -0.15) is 0 Å². The van der Waals surface area contributed by atoms with E-state index in [2.05, 4.69) is 26.8 Å². The molecule has 1 saturated heterocycles. The first-order chi connectivity index (χ1) is 12.7. The van der Waals surface area contributed by atoms with Gasteiger partial charge in [0, 0.05) is 0 Å². The third-order valence-corrected chi connectivity index (χ3v) is 4.94. The van der Waals surface area contributed by atoms with Gasteiger partial charge in [-0.3, -0.25) is 0 Å². The van der Waals surface area contributed by atoms with Gasteiger partial charge in [-0.1, -0.05) is 30.7 Å². The van der Waals surface area contributed by atoms with Crippen LogP contribution in [0.2, 0.25) is 0 Å². The maximum atomic E-state index is 10.2. The van der Waals surface area contributed by atoms with Gasteiger partial charge in [-0.15, -0.1) is 0 Å². The molecule has 1 aliphatic rings. The number of hydrogen-bond acceptors (Lipinski definition) is 6. The predicted octanol–water partition coefficient (Wildman–Crippen LogP) is 2.02. The van der Waals surface area contributed by atoms with E-state index < -0.39 is 37.3 Å². The smallest absolute Gasteiger partial charge is 0.229 e. The molecular weight excluding hydrogens is 348 g/mol. The standard InChI is InChI=1S/C21H32O6/c1-12(2)6-5-7-14(4)15-9-8-13(3)10-16(15)26-21-20(25)19(24)18(23)17(11-22)27-21/h6,8-10,14,17-25H,5,7,11H2,1-4H3/t14-,17+,18+,19-,20+,21-/m0/s1. The Morgan fingerprint density at radius 3 is 2.52 bits per heavy atom. The molecule has 6 atom stereocenters. The molecule has 0 spiro atoms. The number of benzene rings is 1. The lowest BCUT2D eigenvalue weighted by Crippen LogP contribution is -2.60. The van der Waals surface area contributed by atoms with Crippen LogP contribution in [0, 0.1) is 6.92 Å². The van der Waals surface area contributed by atoms with Gasteiger partial charge in [0.2, 0.25) is 6.29 Å². The fourth-order valence-electron chi connectivity index (χ4n) is 3.22. The quantitative estimate of drug-likeness (QED) is 0.540. The van der Waals surface area contributed by atoms with Gasteiger partial charge in [-0.05, 0) is 56.7 Å². The van der Waals surface area contributed by atoms with Gasteiger partial charge in [-0.25, -0.2) is 0 Å². The second-order valence-corrected chi connectivity index (χ2v) is 7.62. The molecule has 152 valence electrons. The molecule has 2 rings (SSSR count). The zero-order chi connectivity index (χ0) is 20.1. The molecule has 27 heavy (non-hydrogen) atoms. The Kier molecular flexibility index (Phi) is 7.82. The first kappa shape index (κ1) is 21.9. The Balaban J connectivity index is 2.19. The van der Waals surface area contributed by atoms with Crippen molar-refractivity contribution in [1.29, 1.82) is 0 Å². The van der Waals surface area contributed by atoms with Crippen molar-refractivity contribution < 1.29 is 29.9 Å². The minimum absolute atomic E-state index is 0.223. The summed E-state index contributed by atoms with van der Waals surface area (Å²) >= 11 is 0. The molecule has 0 amide bonds. The highest BCUT2D eigenvalue weighted by atomic mass is 16.7. The summed E-state index contributed by atoms with van der Waals surface area (Å²) in [4.78, 5) is 0. The Bertz CT molecular complexity index is 638. The Hall–Kier alpha value is -1.44. The van der Waals surface area contributed by atoms with Crippen LogP contribution in [0.25, 0.3) is 0 Å². The maximum Gasteiger partial charge on any atom is 0.229 e. The molecule has 0 saturated carbocycles. The third kappa shape index (κ3) is 5.53. The number of ether oxygens (including phenoxy) is 2. The Morgan fingerprint density at radius 1 is 1.19 bits per heavy atom. The van der Waals surface area contributed by atoms with Gasteiger partial charge in [0.1, 0.15) is 30.2 Å². The van der Waals surface area contributed by atoms with E-state index in [-0.39, 0.29) is 5.92 Å². The maximum absolute atomic E-state index is 10.2. The normalized spacial score (nSPS) is 29.3. The molecule has 0 bridgehead atoms. The second kappa shape index (κ2) is 9.66. The second-order valence-electron chi connectivity index (χ2n) is 7.62. The Morgan fingerprint density at radius 2 is 1.89 bits per heavy atom. The van der Waals surface area contributed by atoms with Crippen LogP contribution in [0.3, 0.4) is 0 Å². The molecule has 1 aromatic rings. The fraction of sp³-hybridized carbons (Fsp3) is 0.619. The summed E-state index contributed by atoms with van der Waals surface area (Å²) in [6, 6.07) is 5.88. The molecule has 0 radical (unpaired) electrons. The van der Waals surface area contributed by atoms with Crippen molar-refractivity contribution in [2.75, 3.05) is 6.61 Å². The van der Waals surface area contributed by atoms with Gasteiger partial charge in [0.05, 0.1) is 6.61 Å². The number of aryl methyl sites for hydroxylation is 1. The molecule has 1 heterocycles. The van der Waals surface area contributed by atoms with Crippen LogP contribution >= 0.6 is 0 Å². The number of rotatable bonds is 7. The van der Waals surface area contributed by atoms with Gasteiger partial charge >= 0.3 is 0 Å². The van der Waals surface area contributed by atoms with Crippen LogP contribution < -0.4 is 4.74 Å². The first-order valence-electron chi connectivity index (χ1n) is 9.45. The molecule has 6 heteroatoms. The summed E-state index contributed by atoms with van der Waals surface area (Å²) in [6.07, 6.45) is -2.34. The van der Waals surface area contributed by atoms with Crippen LogP contribution in [0.5, 0.6) is 5.75 Å². The van der Waals surface area contributed by atoms with E-state index in [0.29, 0.717) is 5.75 Å². The minimum atomic E-state index is -1.45. The molecule has 0 aliphatic carbocycles. The zero-order valence-corrected chi connectivity index (χ0v) is 16.5. The van der Waals surface area contributed by atoms with Crippen molar-refractivity contribution in [3.8, 4) is 5.75 Å². The van der Waals surface area contributed by atoms with Crippen molar-refractivity contribution >= 4 is 0 Å². The topological polar surface area (TPSA) is 99.4 Å². The van der Waals surface area contributed by atoms with Gasteiger partial charge in [0.25, 0.3) is 0 Å². The van der Waals surface area contributed by atoms with Crippen molar-refractivity contribution in [1.82, 2.24) is 0 Å². The molecule has 0 aromatic heterocycles. The summed E-state index contributed by atoms with van der Waals surface area (Å²) in [6.45, 7) is 7.72. The van der Waals surface area contributed by atoms with E-state index in [1.54, 1.807) is 0 Å². The molecule has 6 nitrogen and oxygen atoms in total. The average molecular weight is 380 g/mol. The highest BCUT2D eigenvalue weighted by Gasteiger charge is 2.44. The van der Waals surface area contributed by atoms with E-state index in [0.717, 1.165) is 24.0 Å². The highest BCUT2D eigenvalue weighted by Crippen LogP contribution is 2.33. The summed E-state index contributed by atoms with van der Waals surface area (Å²) in [5.41, 5.74) is 3.26. The predicted molar refractivity (Wildman–Crippen MR) is 103 cm³/mol. The lowest BCUT2D eigenvalue weighted by molar-refractivity contribution is -0.277. The largest absolute Gasteiger partial charge is 0.462 e. The highest BCUT2D eigenvalue weighted by molar-refractivity contribution is 5.39. The van der Waals surface area contributed by atoms with Crippen LogP contribution in [0.1, 0.15) is 50.7 Å². The van der Waals surface area contributed by atoms with Crippen LogP contribution in [0.4, 0.5) is 0 Å². The Labute approximate surface area is 161 Å². The number of allylic oxidation sites excluding steroid dienone is 2. The van der Waals surface area contributed by atoms with Crippen LogP contribution in [-0.2, 0) is 4.74 Å². The summed E-state index contributed by atoms with van der Waals surface area (Å²) < 4.78 is 11.4. The van der Waals surface area contributed by atoms with Gasteiger partial charge < -0.3 is 29.9 Å². The summed E-state index contributed by atoms with van der Waals surface area (Å²) in [5, 5.41) is 39.5. The number of hydrogen-bond donors (Lipinski definition) is 4. The van der Waals surface area contributed by atoms with Crippen molar-refractivity contribution in [3.05, 3.63) is 41.0 Å². The number of aliphatic hydroxyl groups excluding tert-OH is 4. The lowest BCUT2D eigenvalue weighted by atomic mass is 9.94. The number of aliphatic hydroxyl groups is 4. The van der Waals surface area contributed by atoms with E-state index in [4.69, 9.17) is 9.47 Å². The van der Waals surface area contributed by atoms with E-state index in [9.17, 15) is 20.4 Å². The molecule has 1 fully saturated rings. The van der Waals surface area contributed by atoms with Crippen molar-refractivity contribution in [3.63, 3.8) is 0 Å². The molecule has 1 aromatic carbocycles. The van der Waals surface area contributed by atoms with Crippen LogP contribution in [-0.4, -0.2) is 57.7 Å². The van der Waals surface area contributed by atoms with Crippen molar-refractivity contribution in [2.45, 2.75) is 77.2 Å². The fourth-order valence-corrected chi connectivity index (χ4v) is 3.22. The zero-order valence-electron chi connectivity index (χ0n) is 16.5. The summed E-state index contributed by atoms with van der Waals surface area (Å²) in [5.74, 6) is 0.796.